The van der Waals surface area contributed by atoms with E-state index >= 15 is 0 Å². The van der Waals surface area contributed by atoms with E-state index in [1.165, 1.54) is 18.2 Å². The summed E-state index contributed by atoms with van der Waals surface area (Å²) in [5, 5.41) is 3.21. The van der Waals surface area contributed by atoms with Crippen LogP contribution in [0.15, 0.2) is 18.2 Å². The van der Waals surface area contributed by atoms with E-state index in [4.69, 9.17) is 5.73 Å². The molecule has 0 spiro atoms. The summed E-state index contributed by atoms with van der Waals surface area (Å²) in [4.78, 5) is 11.0. The Morgan fingerprint density at radius 2 is 2.11 bits per heavy atom. The van der Waals surface area contributed by atoms with Crippen LogP contribution in [0.4, 0.5) is 4.39 Å². The van der Waals surface area contributed by atoms with Crippen LogP contribution >= 0.6 is 0 Å². The van der Waals surface area contributed by atoms with Gasteiger partial charge in [-0.25, -0.2) is 4.39 Å². The molecule has 3 nitrogen and oxygen atoms in total. The van der Waals surface area contributed by atoms with Crippen LogP contribution in [-0.2, 0) is 6.54 Å². The Hall–Kier alpha value is -1.42. The standard InChI is InChI=1S/C14H21FN2O/c1-4-14(2,3)9-17-8-11-7-10(13(16)18)5-6-12(11)15/h5-7,17H,4,8-9H2,1-3H3,(H2,16,18). The van der Waals surface area contributed by atoms with Crippen molar-refractivity contribution in [3.63, 3.8) is 0 Å². The Labute approximate surface area is 108 Å². The van der Waals surface area contributed by atoms with Crippen molar-refractivity contribution in [1.29, 1.82) is 0 Å². The minimum absolute atomic E-state index is 0.178. The lowest BCUT2D eigenvalue weighted by atomic mass is 9.90. The smallest absolute Gasteiger partial charge is 0.248 e. The molecule has 0 radical (unpaired) electrons. The monoisotopic (exact) mass is 252 g/mol. The molecule has 18 heavy (non-hydrogen) atoms. The molecule has 0 aliphatic carbocycles. The predicted molar refractivity (Wildman–Crippen MR) is 70.7 cm³/mol. The van der Waals surface area contributed by atoms with Crippen LogP contribution in [-0.4, -0.2) is 12.5 Å². The van der Waals surface area contributed by atoms with Crippen molar-refractivity contribution in [2.75, 3.05) is 6.54 Å². The van der Waals surface area contributed by atoms with Gasteiger partial charge in [-0.1, -0.05) is 20.8 Å². The molecule has 1 rings (SSSR count). The van der Waals surface area contributed by atoms with Gasteiger partial charge in [0.2, 0.25) is 5.91 Å². The fraction of sp³-hybridized carbons (Fsp3) is 0.500. The summed E-state index contributed by atoms with van der Waals surface area (Å²) in [5.74, 6) is -0.855. The highest BCUT2D eigenvalue weighted by Gasteiger charge is 2.14. The highest BCUT2D eigenvalue weighted by Crippen LogP contribution is 2.18. The van der Waals surface area contributed by atoms with Crippen LogP contribution in [0.5, 0.6) is 0 Å². The molecule has 0 aromatic heterocycles. The van der Waals surface area contributed by atoms with E-state index in [2.05, 4.69) is 26.1 Å². The summed E-state index contributed by atoms with van der Waals surface area (Å²) in [7, 11) is 0. The predicted octanol–water partition coefficient (Wildman–Crippen LogP) is 2.45. The molecule has 0 bridgehead atoms. The highest BCUT2D eigenvalue weighted by molar-refractivity contribution is 5.92. The molecule has 4 heteroatoms. The third-order valence-corrected chi connectivity index (χ3v) is 3.21. The number of carbonyl (C=O) groups is 1. The van der Waals surface area contributed by atoms with Crippen molar-refractivity contribution in [2.45, 2.75) is 33.7 Å². The van der Waals surface area contributed by atoms with Crippen LogP contribution in [0.25, 0.3) is 0 Å². The largest absolute Gasteiger partial charge is 0.366 e. The minimum atomic E-state index is -0.537. The molecule has 0 aliphatic rings. The lowest BCUT2D eigenvalue weighted by molar-refractivity contribution is 0.1000. The quantitative estimate of drug-likeness (QED) is 0.817. The number of rotatable bonds is 6. The van der Waals surface area contributed by atoms with Crippen molar-refractivity contribution in [2.24, 2.45) is 11.1 Å². The average molecular weight is 252 g/mol. The van der Waals surface area contributed by atoms with Crippen LogP contribution in [0.1, 0.15) is 43.1 Å². The van der Waals surface area contributed by atoms with E-state index in [1.54, 1.807) is 0 Å². The molecular weight excluding hydrogens is 231 g/mol. The van der Waals surface area contributed by atoms with Gasteiger partial charge in [0.1, 0.15) is 5.82 Å². The van der Waals surface area contributed by atoms with Gasteiger partial charge in [-0.2, -0.15) is 0 Å². The highest BCUT2D eigenvalue weighted by atomic mass is 19.1. The molecule has 0 saturated carbocycles. The Morgan fingerprint density at radius 1 is 1.44 bits per heavy atom. The molecule has 0 aliphatic heterocycles. The van der Waals surface area contributed by atoms with Gasteiger partial charge in [-0.15, -0.1) is 0 Å². The maximum Gasteiger partial charge on any atom is 0.248 e. The zero-order valence-corrected chi connectivity index (χ0v) is 11.2. The molecule has 0 atom stereocenters. The van der Waals surface area contributed by atoms with Gasteiger partial charge in [-0.05, 0) is 30.0 Å². The zero-order valence-electron chi connectivity index (χ0n) is 11.2. The maximum absolute atomic E-state index is 13.5. The molecule has 0 saturated heterocycles. The minimum Gasteiger partial charge on any atom is -0.366 e. The van der Waals surface area contributed by atoms with Crippen molar-refractivity contribution in [3.8, 4) is 0 Å². The third kappa shape index (κ3) is 4.11. The second-order valence-electron chi connectivity index (χ2n) is 5.29. The lowest BCUT2D eigenvalue weighted by Crippen LogP contribution is -2.28. The number of halogens is 1. The molecule has 1 amide bonds. The summed E-state index contributed by atoms with van der Waals surface area (Å²) >= 11 is 0. The molecule has 0 fully saturated rings. The number of hydrogen-bond donors (Lipinski definition) is 2. The second kappa shape index (κ2) is 5.96. The SMILES string of the molecule is CCC(C)(C)CNCc1cc(C(N)=O)ccc1F. The molecule has 1 aromatic carbocycles. The van der Waals surface area contributed by atoms with E-state index < -0.39 is 5.91 Å². The van der Waals surface area contributed by atoms with E-state index in [1.807, 2.05) is 0 Å². The van der Waals surface area contributed by atoms with Crippen LogP contribution in [0, 0.1) is 11.2 Å². The average Bonchev–Trinajstić information content (AvgIpc) is 2.31. The van der Waals surface area contributed by atoms with Gasteiger partial charge in [0.05, 0.1) is 0 Å². The maximum atomic E-state index is 13.5. The van der Waals surface area contributed by atoms with Crippen molar-refractivity contribution in [1.82, 2.24) is 5.32 Å². The summed E-state index contributed by atoms with van der Waals surface area (Å²) in [6.07, 6.45) is 1.05. The summed E-state index contributed by atoms with van der Waals surface area (Å²) in [6.45, 7) is 7.61. The Bertz CT molecular complexity index is 430. The van der Waals surface area contributed by atoms with E-state index in [0.29, 0.717) is 17.7 Å². The number of nitrogens with two attached hydrogens (primary N) is 1. The number of carbonyl (C=O) groups excluding carboxylic acids is 1. The van der Waals surface area contributed by atoms with Crippen LogP contribution < -0.4 is 11.1 Å². The van der Waals surface area contributed by atoms with E-state index in [9.17, 15) is 9.18 Å². The van der Waals surface area contributed by atoms with Crippen molar-refractivity contribution >= 4 is 5.91 Å². The summed E-state index contributed by atoms with van der Waals surface area (Å²) in [6, 6.07) is 4.18. The molecule has 0 unspecified atom stereocenters. The van der Waals surface area contributed by atoms with Gasteiger partial charge in [-0.3, -0.25) is 4.79 Å². The Morgan fingerprint density at radius 3 is 2.67 bits per heavy atom. The lowest BCUT2D eigenvalue weighted by Gasteiger charge is -2.23. The molecule has 100 valence electrons. The molecule has 0 heterocycles. The summed E-state index contributed by atoms with van der Waals surface area (Å²) < 4.78 is 13.5. The number of primary amides is 1. The summed E-state index contributed by atoms with van der Waals surface area (Å²) in [5.41, 5.74) is 6.16. The first kappa shape index (κ1) is 14.6. The number of benzene rings is 1. The molecule has 1 aromatic rings. The van der Waals surface area contributed by atoms with Gasteiger partial charge >= 0.3 is 0 Å². The third-order valence-electron chi connectivity index (χ3n) is 3.21. The number of hydrogen-bond acceptors (Lipinski definition) is 2. The Balaban J connectivity index is 2.67. The van der Waals surface area contributed by atoms with E-state index in [0.717, 1.165) is 13.0 Å². The Kier molecular flexibility index (Phi) is 4.84. The molecular formula is C14H21FN2O. The normalized spacial score (nSPS) is 11.6. The van der Waals surface area contributed by atoms with Gasteiger partial charge in [0.15, 0.2) is 0 Å². The number of nitrogens with one attached hydrogen (secondary N) is 1. The van der Waals surface area contributed by atoms with Crippen LogP contribution in [0.3, 0.4) is 0 Å². The van der Waals surface area contributed by atoms with Gasteiger partial charge in [0, 0.05) is 24.2 Å². The first-order valence-electron chi connectivity index (χ1n) is 6.14. The fourth-order valence-corrected chi connectivity index (χ4v) is 1.52. The fourth-order valence-electron chi connectivity index (χ4n) is 1.52. The van der Waals surface area contributed by atoms with E-state index in [-0.39, 0.29) is 11.2 Å². The van der Waals surface area contributed by atoms with Crippen molar-refractivity contribution < 1.29 is 9.18 Å². The second-order valence-corrected chi connectivity index (χ2v) is 5.29. The zero-order chi connectivity index (χ0) is 13.8. The van der Waals surface area contributed by atoms with Crippen molar-refractivity contribution in [3.05, 3.63) is 35.1 Å². The van der Waals surface area contributed by atoms with Gasteiger partial charge < -0.3 is 11.1 Å². The van der Waals surface area contributed by atoms with Crippen LogP contribution in [0.2, 0.25) is 0 Å². The molecule has 3 N–H and O–H groups in total. The van der Waals surface area contributed by atoms with Gasteiger partial charge in [0.25, 0.3) is 0 Å². The first-order chi connectivity index (χ1) is 8.35. The topological polar surface area (TPSA) is 55.1 Å². The number of amides is 1. The first-order valence-corrected chi connectivity index (χ1v) is 6.14.